The summed E-state index contributed by atoms with van der Waals surface area (Å²) in [5, 5.41) is 0. The fraction of sp³-hybridized carbons (Fsp3) is 0.444. The van der Waals surface area contributed by atoms with E-state index in [4.69, 9.17) is 0 Å². The molecule has 33 heavy (non-hydrogen) atoms. The molecule has 4 aromatic heterocycles. The molecule has 0 aliphatic heterocycles. The Morgan fingerprint density at radius 1 is 0.909 bits per heavy atom. The summed E-state index contributed by atoms with van der Waals surface area (Å²) < 4.78 is 4.16. The lowest BCUT2D eigenvalue weighted by molar-refractivity contribution is -0.138. The Kier molecular flexibility index (Phi) is 6.42. The van der Waals surface area contributed by atoms with Gasteiger partial charge in [-0.3, -0.25) is 4.79 Å². The van der Waals surface area contributed by atoms with E-state index < -0.39 is 0 Å². The summed E-state index contributed by atoms with van der Waals surface area (Å²) in [6.07, 6.45) is 16.1. The second kappa shape index (κ2) is 9.77. The molecular formula is C27H33N5O. The van der Waals surface area contributed by atoms with Gasteiger partial charge in [0.05, 0.1) is 36.9 Å². The van der Waals surface area contributed by atoms with Gasteiger partial charge < -0.3 is 13.7 Å². The normalized spacial score (nSPS) is 18.7. The first kappa shape index (κ1) is 21.7. The maximum absolute atomic E-state index is 13.8. The molecule has 0 atom stereocenters. The molecule has 4 aromatic rings. The van der Waals surface area contributed by atoms with E-state index in [1.54, 1.807) is 0 Å². The zero-order valence-corrected chi connectivity index (χ0v) is 19.4. The minimum atomic E-state index is 0.112. The number of fused-ring (bicyclic) bond motifs is 2. The molecule has 6 heteroatoms. The first-order valence-corrected chi connectivity index (χ1v) is 12.3. The van der Waals surface area contributed by atoms with Gasteiger partial charge in [-0.25, -0.2) is 9.97 Å². The van der Waals surface area contributed by atoms with Gasteiger partial charge in [0.15, 0.2) is 0 Å². The Bertz CT molecular complexity index is 1140. The molecule has 0 unspecified atom stereocenters. The molecule has 0 aromatic carbocycles. The molecule has 1 aliphatic carbocycles. The van der Waals surface area contributed by atoms with Crippen LogP contribution in [-0.2, 0) is 17.9 Å². The standard InChI is InChI=1S/C27H33N5O/c1-2-3-8-21-11-13-22(14-12-21)27(33)30(19-23-17-28-25-9-4-6-15-31(23)25)20-24-18-29-26-10-5-7-16-32(24)26/h4-7,9-10,15-18,21-22H,2-3,8,11-14,19-20H2,1H3. The number of unbranched alkanes of at least 4 members (excludes halogenated alkanes) is 1. The quantitative estimate of drug-likeness (QED) is 0.361. The zero-order valence-electron chi connectivity index (χ0n) is 19.4. The highest BCUT2D eigenvalue weighted by atomic mass is 16.2. The predicted molar refractivity (Wildman–Crippen MR) is 130 cm³/mol. The number of carbonyl (C=O) groups excluding carboxylic acids is 1. The van der Waals surface area contributed by atoms with Crippen molar-refractivity contribution in [2.75, 3.05) is 0 Å². The van der Waals surface area contributed by atoms with Crippen molar-refractivity contribution in [2.24, 2.45) is 11.8 Å². The highest BCUT2D eigenvalue weighted by molar-refractivity contribution is 5.79. The van der Waals surface area contributed by atoms with E-state index in [9.17, 15) is 4.79 Å². The third kappa shape index (κ3) is 4.65. The average Bonchev–Trinajstić information content (AvgIpc) is 3.46. The maximum atomic E-state index is 13.8. The van der Waals surface area contributed by atoms with Gasteiger partial charge in [-0.05, 0) is 55.9 Å². The SMILES string of the molecule is CCCCC1CCC(C(=O)N(Cc2cnc3ccccn23)Cc2cnc3ccccn23)CC1. The van der Waals surface area contributed by atoms with Crippen LogP contribution in [0.4, 0.5) is 0 Å². The Morgan fingerprint density at radius 2 is 1.48 bits per heavy atom. The summed E-state index contributed by atoms with van der Waals surface area (Å²) in [6, 6.07) is 12.0. The number of amides is 1. The van der Waals surface area contributed by atoms with Crippen LogP contribution >= 0.6 is 0 Å². The van der Waals surface area contributed by atoms with Crippen molar-refractivity contribution < 1.29 is 4.79 Å². The number of rotatable bonds is 8. The van der Waals surface area contributed by atoms with Crippen LogP contribution in [0.1, 0.15) is 63.3 Å². The fourth-order valence-electron chi connectivity index (χ4n) is 5.26. The summed E-state index contributed by atoms with van der Waals surface area (Å²) >= 11 is 0. The van der Waals surface area contributed by atoms with E-state index >= 15 is 0 Å². The van der Waals surface area contributed by atoms with E-state index in [0.29, 0.717) is 13.1 Å². The van der Waals surface area contributed by atoms with Crippen LogP contribution in [0.25, 0.3) is 11.3 Å². The third-order valence-electron chi connectivity index (χ3n) is 7.17. The van der Waals surface area contributed by atoms with Crippen molar-refractivity contribution in [2.45, 2.75) is 65.0 Å². The zero-order chi connectivity index (χ0) is 22.6. The molecule has 1 aliphatic rings. The molecule has 1 amide bonds. The molecule has 0 bridgehead atoms. The first-order valence-electron chi connectivity index (χ1n) is 12.3. The van der Waals surface area contributed by atoms with Crippen molar-refractivity contribution in [3.05, 3.63) is 72.6 Å². The van der Waals surface area contributed by atoms with Gasteiger partial charge in [-0.15, -0.1) is 0 Å². The highest BCUT2D eigenvalue weighted by Gasteiger charge is 2.30. The Labute approximate surface area is 195 Å². The maximum Gasteiger partial charge on any atom is 0.226 e. The second-order valence-electron chi connectivity index (χ2n) is 9.41. The van der Waals surface area contributed by atoms with Gasteiger partial charge in [0.2, 0.25) is 5.91 Å². The Balaban J connectivity index is 1.38. The number of pyridine rings is 2. The van der Waals surface area contributed by atoms with E-state index in [2.05, 4.69) is 25.7 Å². The fourth-order valence-corrected chi connectivity index (χ4v) is 5.26. The van der Waals surface area contributed by atoms with E-state index in [1.807, 2.05) is 66.1 Å². The number of nitrogens with zero attached hydrogens (tertiary/aromatic N) is 5. The molecule has 1 saturated carbocycles. The molecule has 6 nitrogen and oxygen atoms in total. The molecule has 0 saturated heterocycles. The number of aromatic nitrogens is 4. The van der Waals surface area contributed by atoms with E-state index in [1.165, 1.54) is 32.1 Å². The van der Waals surface area contributed by atoms with Gasteiger partial charge in [0, 0.05) is 18.3 Å². The van der Waals surface area contributed by atoms with Crippen molar-refractivity contribution in [3.8, 4) is 0 Å². The van der Waals surface area contributed by atoms with E-state index in [0.717, 1.165) is 41.4 Å². The molecule has 5 rings (SSSR count). The number of imidazole rings is 2. The lowest BCUT2D eigenvalue weighted by Crippen LogP contribution is -2.37. The summed E-state index contributed by atoms with van der Waals surface area (Å²) in [4.78, 5) is 24.9. The topological polar surface area (TPSA) is 54.9 Å². The van der Waals surface area contributed by atoms with Gasteiger partial charge in [-0.1, -0.05) is 38.3 Å². The van der Waals surface area contributed by atoms with Crippen LogP contribution in [0, 0.1) is 11.8 Å². The minimum absolute atomic E-state index is 0.112. The smallest absolute Gasteiger partial charge is 0.226 e. The van der Waals surface area contributed by atoms with Crippen LogP contribution < -0.4 is 0 Å². The van der Waals surface area contributed by atoms with Crippen LogP contribution in [-0.4, -0.2) is 29.6 Å². The van der Waals surface area contributed by atoms with Gasteiger partial charge in [-0.2, -0.15) is 0 Å². The molecule has 4 heterocycles. The molecule has 172 valence electrons. The number of hydrogen-bond acceptors (Lipinski definition) is 3. The minimum Gasteiger partial charge on any atom is -0.331 e. The number of hydrogen-bond donors (Lipinski definition) is 0. The van der Waals surface area contributed by atoms with Gasteiger partial charge in [0.1, 0.15) is 11.3 Å². The molecule has 0 N–H and O–H groups in total. The third-order valence-corrected chi connectivity index (χ3v) is 7.17. The van der Waals surface area contributed by atoms with Crippen molar-refractivity contribution in [3.63, 3.8) is 0 Å². The van der Waals surface area contributed by atoms with Crippen LogP contribution in [0.2, 0.25) is 0 Å². The van der Waals surface area contributed by atoms with Crippen molar-refractivity contribution in [1.29, 1.82) is 0 Å². The lowest BCUT2D eigenvalue weighted by atomic mass is 9.79. The van der Waals surface area contributed by atoms with E-state index in [-0.39, 0.29) is 11.8 Å². The molecule has 0 spiro atoms. The monoisotopic (exact) mass is 443 g/mol. The summed E-state index contributed by atoms with van der Waals surface area (Å²) in [6.45, 7) is 3.34. The summed E-state index contributed by atoms with van der Waals surface area (Å²) in [5.41, 5.74) is 3.88. The second-order valence-corrected chi connectivity index (χ2v) is 9.41. The Morgan fingerprint density at radius 3 is 2.03 bits per heavy atom. The van der Waals surface area contributed by atoms with Crippen molar-refractivity contribution >= 4 is 17.2 Å². The summed E-state index contributed by atoms with van der Waals surface area (Å²) in [5.74, 6) is 1.17. The molecule has 1 fully saturated rings. The predicted octanol–water partition coefficient (Wildman–Crippen LogP) is 5.51. The van der Waals surface area contributed by atoms with Crippen LogP contribution in [0.3, 0.4) is 0 Å². The number of carbonyl (C=O) groups is 1. The van der Waals surface area contributed by atoms with Crippen LogP contribution in [0.15, 0.2) is 61.2 Å². The molecule has 0 radical (unpaired) electrons. The molecular weight excluding hydrogens is 410 g/mol. The van der Waals surface area contributed by atoms with Gasteiger partial charge >= 0.3 is 0 Å². The lowest BCUT2D eigenvalue weighted by Gasteiger charge is -2.32. The Hall–Kier alpha value is -3.15. The largest absolute Gasteiger partial charge is 0.331 e. The summed E-state index contributed by atoms with van der Waals surface area (Å²) in [7, 11) is 0. The van der Waals surface area contributed by atoms with Crippen LogP contribution in [0.5, 0.6) is 0 Å². The average molecular weight is 444 g/mol. The van der Waals surface area contributed by atoms with Crippen molar-refractivity contribution in [1.82, 2.24) is 23.7 Å². The first-order chi connectivity index (χ1) is 16.2. The van der Waals surface area contributed by atoms with Gasteiger partial charge in [0.25, 0.3) is 0 Å². The highest BCUT2D eigenvalue weighted by Crippen LogP contribution is 2.33.